The summed E-state index contributed by atoms with van der Waals surface area (Å²) in [5, 5.41) is -5.37. The summed E-state index contributed by atoms with van der Waals surface area (Å²) in [5.41, 5.74) is 0. The van der Waals surface area contributed by atoms with E-state index < -0.39 is 83.7 Å². The molecule has 0 aliphatic rings. The molecule has 0 rings (SSSR count). The van der Waals surface area contributed by atoms with Crippen molar-refractivity contribution in [1.82, 2.24) is 4.90 Å². The van der Waals surface area contributed by atoms with Crippen molar-refractivity contribution in [2.24, 2.45) is 0 Å². The predicted molar refractivity (Wildman–Crippen MR) is 108 cm³/mol. The monoisotopic (exact) mass is 549 g/mol. The first-order chi connectivity index (χ1) is 14.7. The van der Waals surface area contributed by atoms with Crippen LogP contribution < -0.4 is 0 Å². The molecule has 0 bridgehead atoms. The van der Waals surface area contributed by atoms with Crippen LogP contribution in [0.1, 0.15) is 0 Å². The van der Waals surface area contributed by atoms with E-state index in [0.717, 1.165) is 6.54 Å². The van der Waals surface area contributed by atoms with Crippen LogP contribution in [0.25, 0.3) is 0 Å². The van der Waals surface area contributed by atoms with Crippen LogP contribution >= 0.6 is 0 Å². The summed E-state index contributed by atoms with van der Waals surface area (Å²) >= 11 is 0. The van der Waals surface area contributed by atoms with Gasteiger partial charge in [0.15, 0.2) is 0 Å². The second kappa shape index (κ2) is 10.3. The number of terminal acetylenes is 1. The summed E-state index contributed by atoms with van der Waals surface area (Å²) < 4.78 is 0. The molecule has 0 spiro atoms. The van der Waals surface area contributed by atoms with E-state index in [4.69, 9.17) is 6.42 Å². The van der Waals surface area contributed by atoms with Gasteiger partial charge in [-0.15, -0.1) is 6.42 Å². The molecule has 0 unspecified atom stereocenters. The van der Waals surface area contributed by atoms with Gasteiger partial charge < -0.3 is 0 Å². The Balaban J connectivity index is -0.000000422. The Hall–Kier alpha value is -3.43. The van der Waals surface area contributed by atoms with Gasteiger partial charge in [-0.3, -0.25) is 4.90 Å². The Kier molecular flexibility index (Phi) is 10.6. The maximum atomic E-state index is 10.5. The van der Waals surface area contributed by atoms with Gasteiger partial charge in [0.2, 0.25) is 0 Å². The summed E-state index contributed by atoms with van der Waals surface area (Å²) in [7, 11) is -8.01. The van der Waals surface area contributed by atoms with Crippen molar-refractivity contribution in [2.45, 2.75) is 0 Å². The first-order valence-corrected chi connectivity index (χ1v) is 14.2. The molecule has 0 aromatic carbocycles. The maximum absolute atomic E-state index is 10.5. The molecule has 13 nitrogen and oxygen atoms in total. The van der Waals surface area contributed by atoms with Crippen molar-refractivity contribution in [3.63, 3.8) is 0 Å². The molecular weight excluding hydrogens is 528 g/mol. The molecule has 0 saturated heterocycles. The average molecular weight is 549 g/mol. The minimum atomic E-state index is -5.95. The van der Waals surface area contributed by atoms with Crippen LogP contribution in [0.15, 0.2) is 0 Å². The van der Waals surface area contributed by atoms with Crippen molar-refractivity contribution < 1.29 is 78.6 Å². The van der Waals surface area contributed by atoms with Crippen molar-refractivity contribution in [3.8, 4) is 12.3 Å². The molecule has 0 radical (unpaired) electrons. The van der Waals surface area contributed by atoms with Gasteiger partial charge >= 0.3 is 141 Å². The van der Waals surface area contributed by atoms with E-state index in [0.29, 0.717) is 0 Å². The summed E-state index contributed by atoms with van der Waals surface area (Å²) in [6.07, 6.45) is 4.94. The van der Waals surface area contributed by atoms with E-state index >= 15 is 0 Å². The van der Waals surface area contributed by atoms with Gasteiger partial charge in [-0.25, -0.2) is 0 Å². The fraction of sp³-hybridized carbons (Fsp3) is 0.176. The van der Waals surface area contributed by atoms with E-state index in [1.807, 2.05) is 19.0 Å². The van der Waals surface area contributed by atoms with E-state index in [1.54, 1.807) is 0 Å². The summed E-state index contributed by atoms with van der Waals surface area (Å²) in [6, 6.07) is 0. The molecule has 15 heteroatoms. The third kappa shape index (κ3) is 4.90. The molecule has 0 saturated carbocycles. The molecule has 0 atom stereocenters. The molecule has 0 N–H and O–H groups in total. The van der Waals surface area contributed by atoms with E-state index in [-0.39, 0.29) is 0 Å². The zero-order valence-corrected chi connectivity index (χ0v) is 18.8. The SMILES string of the molecule is C#CCN(C)C.O=[CH][Co]([CH]=O)([CH]=O)([CH]=O)([CH]=O)[CH]=O.O=[CH][Co]([CH]=O)([CH]=O)([CH]=O)([CH]=O)[CH]=O. The number of hydrogen-bond donors (Lipinski definition) is 0. The first kappa shape index (κ1) is 33.2. The number of hydrogen-bond acceptors (Lipinski definition) is 13. The quantitative estimate of drug-likeness (QED) is 0.165. The molecule has 0 heterocycles. The molecular formula is C17H21Co2NO12. The molecule has 32 heavy (non-hydrogen) atoms. The van der Waals surface area contributed by atoms with Crippen molar-refractivity contribution in [1.29, 1.82) is 0 Å². The summed E-state index contributed by atoms with van der Waals surface area (Å²) in [5.74, 6) is 2.49. The van der Waals surface area contributed by atoms with Crippen molar-refractivity contribution in [2.75, 3.05) is 20.6 Å². The van der Waals surface area contributed by atoms with Crippen LogP contribution in [0, 0.1) is 12.3 Å². The fourth-order valence-corrected chi connectivity index (χ4v) is 2.47. The van der Waals surface area contributed by atoms with Gasteiger partial charge in [0, 0.05) is 0 Å². The fourth-order valence-electron chi connectivity index (χ4n) is 0.738. The second-order valence-corrected chi connectivity index (χ2v) is 19.1. The Labute approximate surface area is 179 Å². The van der Waals surface area contributed by atoms with Crippen molar-refractivity contribution >= 4 is 62.6 Å². The van der Waals surface area contributed by atoms with Gasteiger partial charge in [0.1, 0.15) is 0 Å². The average Bonchev–Trinajstić information content (AvgIpc) is 2.87. The van der Waals surface area contributed by atoms with E-state index in [1.165, 1.54) is 0 Å². The number of nitrogens with zero attached hydrogens (tertiary/aromatic N) is 1. The molecule has 184 valence electrons. The Bertz CT molecular complexity index is 683. The zero-order valence-electron chi connectivity index (χ0n) is 16.7. The minimum absolute atomic E-state index is 0.448. The molecule has 0 fully saturated rings. The standard InChI is InChI=1S/C5H9N.12CHO.2Co/c1-4-5-6(2)3;12*1-2;;/h1H,5H2,2-3H3;12*1H;;. The molecule has 0 amide bonds. The van der Waals surface area contributed by atoms with Crippen LogP contribution in [-0.2, 0) is 78.6 Å². The molecule has 0 aliphatic carbocycles. The molecule has 0 aromatic heterocycles. The topological polar surface area (TPSA) is 208 Å². The Morgan fingerprint density at radius 2 is 0.656 bits per heavy atom. The van der Waals surface area contributed by atoms with Gasteiger partial charge in [-0.2, -0.15) is 0 Å². The molecule has 0 aliphatic heterocycles. The first-order valence-electron chi connectivity index (χ1n) is 6.99. The Morgan fingerprint density at radius 3 is 0.656 bits per heavy atom. The summed E-state index contributed by atoms with van der Waals surface area (Å²) in [4.78, 5) is 128. The summed E-state index contributed by atoms with van der Waals surface area (Å²) in [6.45, 7) is 0.736. The third-order valence-electron chi connectivity index (χ3n) is 3.13. The number of carbonyl (C=O) groups is 12. The molecule has 0 aromatic rings. The number of rotatable bonds is 13. The van der Waals surface area contributed by atoms with Crippen LogP contribution in [-0.4, -0.2) is 88.2 Å². The van der Waals surface area contributed by atoms with Gasteiger partial charge in [0.05, 0.1) is 6.54 Å². The zero-order chi connectivity index (χ0) is 26.3. The normalized spacial score (nSPS) is 14.3. The van der Waals surface area contributed by atoms with E-state index in [9.17, 15) is 57.5 Å². The van der Waals surface area contributed by atoms with E-state index in [2.05, 4.69) is 5.92 Å². The third-order valence-corrected chi connectivity index (χ3v) is 11.6. The Morgan fingerprint density at radius 1 is 0.500 bits per heavy atom. The van der Waals surface area contributed by atoms with Crippen LogP contribution in [0.5, 0.6) is 0 Å². The van der Waals surface area contributed by atoms with Crippen LogP contribution in [0.3, 0.4) is 0 Å². The van der Waals surface area contributed by atoms with Crippen molar-refractivity contribution in [3.05, 3.63) is 0 Å². The second-order valence-electron chi connectivity index (χ2n) is 5.72. The predicted octanol–water partition coefficient (Wildman–Crippen LogP) is -3.11. The number of carbonyl (C=O) groups excluding carboxylic acids is 12. The van der Waals surface area contributed by atoms with Crippen LogP contribution in [0.4, 0.5) is 0 Å². The van der Waals surface area contributed by atoms with Crippen LogP contribution in [0.2, 0.25) is 0 Å². The van der Waals surface area contributed by atoms with Gasteiger partial charge in [0.25, 0.3) is 0 Å². The van der Waals surface area contributed by atoms with Gasteiger partial charge in [-0.05, 0) is 14.1 Å². The van der Waals surface area contributed by atoms with Gasteiger partial charge in [-0.1, -0.05) is 5.92 Å².